The zero-order valence-electron chi connectivity index (χ0n) is 32.7. The largest absolute Gasteiger partial charge is 0.455 e. The molecule has 0 amide bonds. The van der Waals surface area contributed by atoms with Crippen LogP contribution in [0.4, 0.5) is 17.1 Å². The monoisotopic (exact) mass is 763 g/mol. The summed E-state index contributed by atoms with van der Waals surface area (Å²) in [6.07, 6.45) is 0. The van der Waals surface area contributed by atoms with Gasteiger partial charge in [-0.05, 0) is 114 Å². The lowest BCUT2D eigenvalue weighted by Crippen LogP contribution is -2.11. The maximum Gasteiger partial charge on any atom is 0.143 e. The van der Waals surface area contributed by atoms with Crippen LogP contribution in [0.5, 0.6) is 0 Å². The molecule has 1 aromatic heterocycles. The summed E-state index contributed by atoms with van der Waals surface area (Å²) in [5, 5.41) is 12.1. The standard InChI is InChI=1S/C58H37NO/c1-2-14-41-34-45(27-26-38(41)12-1)42-17-9-18-47(35-42)59(46-31-28-40(29-32-46)49-21-10-22-50-48-19-6-5-13-39(48)30-33-51(49)50)56-25-8-7-20-52(56)53-23-11-24-54-55-36-43-15-3-4-16-44(43)37-57(55)60-58(53)54/h1-37H. The Morgan fingerprint density at radius 1 is 0.283 bits per heavy atom. The van der Waals surface area contributed by atoms with E-state index in [1.54, 1.807) is 0 Å². The number of nitrogens with zero attached hydrogens (tertiary/aromatic N) is 1. The third-order valence-corrected chi connectivity index (χ3v) is 12.2. The van der Waals surface area contributed by atoms with Gasteiger partial charge in [-0.25, -0.2) is 0 Å². The van der Waals surface area contributed by atoms with Gasteiger partial charge in [0.05, 0.1) is 5.69 Å². The maximum atomic E-state index is 6.81. The molecule has 11 aromatic carbocycles. The molecule has 0 atom stereocenters. The van der Waals surface area contributed by atoms with Gasteiger partial charge in [0.2, 0.25) is 0 Å². The van der Waals surface area contributed by atoms with Crippen molar-refractivity contribution in [3.8, 4) is 33.4 Å². The molecule has 280 valence electrons. The highest BCUT2D eigenvalue weighted by molar-refractivity contribution is 6.15. The number of benzene rings is 11. The average molecular weight is 764 g/mol. The molecule has 0 aliphatic heterocycles. The molecule has 0 saturated carbocycles. The molecule has 2 heteroatoms. The molecule has 0 bridgehead atoms. The van der Waals surface area contributed by atoms with E-state index in [4.69, 9.17) is 4.42 Å². The molecule has 12 aromatic rings. The Kier molecular flexibility index (Phi) is 7.89. The number of rotatable bonds is 6. The van der Waals surface area contributed by atoms with Crippen molar-refractivity contribution in [2.45, 2.75) is 0 Å². The summed E-state index contributed by atoms with van der Waals surface area (Å²) < 4.78 is 6.81. The van der Waals surface area contributed by atoms with Crippen molar-refractivity contribution in [3.63, 3.8) is 0 Å². The van der Waals surface area contributed by atoms with Crippen LogP contribution in [0.3, 0.4) is 0 Å². The van der Waals surface area contributed by atoms with Crippen molar-refractivity contribution < 1.29 is 4.42 Å². The van der Waals surface area contributed by atoms with Crippen LogP contribution in [0.25, 0.3) is 98.4 Å². The van der Waals surface area contributed by atoms with Gasteiger partial charge in [-0.2, -0.15) is 0 Å². The van der Waals surface area contributed by atoms with E-state index in [1.807, 2.05) is 0 Å². The topological polar surface area (TPSA) is 16.4 Å². The van der Waals surface area contributed by atoms with Gasteiger partial charge in [0, 0.05) is 33.3 Å². The molecule has 1 heterocycles. The zero-order valence-corrected chi connectivity index (χ0v) is 32.7. The molecule has 0 spiro atoms. The van der Waals surface area contributed by atoms with E-state index in [1.165, 1.54) is 59.8 Å². The summed E-state index contributed by atoms with van der Waals surface area (Å²) in [4.78, 5) is 2.40. The van der Waals surface area contributed by atoms with Crippen molar-refractivity contribution in [1.82, 2.24) is 0 Å². The number of hydrogen-bond donors (Lipinski definition) is 0. The first kappa shape index (κ1) is 34.1. The molecule has 2 nitrogen and oxygen atoms in total. The van der Waals surface area contributed by atoms with Crippen molar-refractivity contribution in [2.75, 3.05) is 4.90 Å². The van der Waals surface area contributed by atoms with Crippen molar-refractivity contribution >= 4 is 82.1 Å². The molecule has 12 rings (SSSR count). The fourth-order valence-electron chi connectivity index (χ4n) is 9.29. The highest BCUT2D eigenvalue weighted by Gasteiger charge is 2.21. The maximum absolute atomic E-state index is 6.81. The third kappa shape index (κ3) is 5.65. The number of fused-ring (bicyclic) bond motifs is 8. The van der Waals surface area contributed by atoms with Crippen LogP contribution in [0, 0.1) is 0 Å². The third-order valence-electron chi connectivity index (χ3n) is 12.2. The summed E-state index contributed by atoms with van der Waals surface area (Å²) >= 11 is 0. The molecule has 0 aliphatic rings. The lowest BCUT2D eigenvalue weighted by Gasteiger charge is -2.28. The first-order chi connectivity index (χ1) is 29.7. The Morgan fingerprint density at radius 3 is 1.73 bits per heavy atom. The van der Waals surface area contributed by atoms with Crippen LogP contribution in [0.2, 0.25) is 0 Å². The van der Waals surface area contributed by atoms with Crippen molar-refractivity contribution in [3.05, 3.63) is 224 Å². The van der Waals surface area contributed by atoms with Crippen LogP contribution in [-0.4, -0.2) is 0 Å². The van der Waals surface area contributed by atoms with Gasteiger partial charge in [0.15, 0.2) is 0 Å². The normalized spacial score (nSPS) is 11.7. The quantitative estimate of drug-likeness (QED) is 0.157. The van der Waals surface area contributed by atoms with Crippen LogP contribution in [-0.2, 0) is 0 Å². The molecule has 60 heavy (non-hydrogen) atoms. The Hall–Kier alpha value is -7.94. The minimum Gasteiger partial charge on any atom is -0.455 e. The number of para-hydroxylation sites is 2. The SMILES string of the molecule is c1cc(-c2ccc3ccccc3c2)cc(N(c2ccc(-c3cccc4c3ccc3ccccc34)cc2)c2ccccc2-c2cccc3c2oc2cc4ccccc4cc23)c1. The minimum absolute atomic E-state index is 0.888. The first-order valence-corrected chi connectivity index (χ1v) is 20.6. The Balaban J connectivity index is 1.04. The number of furan rings is 1. The van der Waals surface area contributed by atoms with E-state index in [9.17, 15) is 0 Å². The summed E-state index contributed by atoms with van der Waals surface area (Å²) in [5.41, 5.74) is 11.9. The Morgan fingerprint density at radius 2 is 0.883 bits per heavy atom. The average Bonchev–Trinajstić information content (AvgIpc) is 3.68. The fourth-order valence-corrected chi connectivity index (χ4v) is 9.29. The second-order valence-electron chi connectivity index (χ2n) is 15.7. The Labute approximate surface area is 347 Å². The summed E-state index contributed by atoms with van der Waals surface area (Å²) in [6.45, 7) is 0. The highest BCUT2D eigenvalue weighted by atomic mass is 16.3. The van der Waals surface area contributed by atoms with E-state index in [2.05, 4.69) is 229 Å². The van der Waals surface area contributed by atoms with Crippen LogP contribution in [0.1, 0.15) is 0 Å². The lowest BCUT2D eigenvalue weighted by atomic mass is 9.94. The van der Waals surface area contributed by atoms with Crippen LogP contribution >= 0.6 is 0 Å². The van der Waals surface area contributed by atoms with E-state index < -0.39 is 0 Å². The van der Waals surface area contributed by atoms with Gasteiger partial charge >= 0.3 is 0 Å². The molecular formula is C58H37NO. The molecule has 0 unspecified atom stereocenters. The van der Waals surface area contributed by atoms with E-state index in [0.717, 1.165) is 55.7 Å². The van der Waals surface area contributed by atoms with Crippen molar-refractivity contribution in [1.29, 1.82) is 0 Å². The first-order valence-electron chi connectivity index (χ1n) is 20.6. The van der Waals surface area contributed by atoms with Gasteiger partial charge in [0.1, 0.15) is 11.2 Å². The second kappa shape index (κ2) is 13.9. The van der Waals surface area contributed by atoms with Crippen molar-refractivity contribution in [2.24, 2.45) is 0 Å². The Bertz CT molecular complexity index is 3610. The van der Waals surface area contributed by atoms with Crippen LogP contribution in [0.15, 0.2) is 229 Å². The van der Waals surface area contributed by atoms with Gasteiger partial charge < -0.3 is 9.32 Å². The summed E-state index contributed by atoms with van der Waals surface area (Å²) in [5.74, 6) is 0. The second-order valence-corrected chi connectivity index (χ2v) is 15.7. The molecule has 0 aliphatic carbocycles. The zero-order chi connectivity index (χ0) is 39.6. The van der Waals surface area contributed by atoms with Gasteiger partial charge in [0.25, 0.3) is 0 Å². The predicted octanol–water partition coefficient (Wildman–Crippen LogP) is 16.7. The van der Waals surface area contributed by atoms with E-state index in [-0.39, 0.29) is 0 Å². The molecule has 0 N–H and O–H groups in total. The minimum atomic E-state index is 0.888. The fraction of sp³-hybridized carbons (Fsp3) is 0. The summed E-state index contributed by atoms with van der Waals surface area (Å²) in [6, 6.07) is 81.3. The molecule has 0 fully saturated rings. The smallest absolute Gasteiger partial charge is 0.143 e. The highest BCUT2D eigenvalue weighted by Crippen LogP contribution is 2.46. The van der Waals surface area contributed by atoms with Gasteiger partial charge in [-0.3, -0.25) is 0 Å². The van der Waals surface area contributed by atoms with E-state index >= 15 is 0 Å². The molecule has 0 saturated heterocycles. The molecular weight excluding hydrogens is 727 g/mol. The predicted molar refractivity (Wildman–Crippen MR) is 255 cm³/mol. The van der Waals surface area contributed by atoms with Gasteiger partial charge in [-0.15, -0.1) is 0 Å². The lowest BCUT2D eigenvalue weighted by molar-refractivity contribution is 0.670. The van der Waals surface area contributed by atoms with E-state index in [0.29, 0.717) is 0 Å². The number of anilines is 3. The molecule has 0 radical (unpaired) electrons. The van der Waals surface area contributed by atoms with Gasteiger partial charge in [-0.1, -0.05) is 176 Å². The summed E-state index contributed by atoms with van der Waals surface area (Å²) in [7, 11) is 0. The number of hydrogen-bond acceptors (Lipinski definition) is 2. The van der Waals surface area contributed by atoms with Crippen LogP contribution < -0.4 is 4.90 Å².